The Morgan fingerprint density at radius 3 is 2.33 bits per heavy atom. The van der Waals surface area contributed by atoms with Gasteiger partial charge < -0.3 is 19.3 Å². The minimum absolute atomic E-state index is 0.0820. The summed E-state index contributed by atoms with van der Waals surface area (Å²) < 4.78 is 41.8. The van der Waals surface area contributed by atoms with Gasteiger partial charge in [0, 0.05) is 29.7 Å². The van der Waals surface area contributed by atoms with Crippen LogP contribution in [0.4, 0.5) is 8.78 Å². The number of hydrogen-bond donors (Lipinski definition) is 1. The zero-order valence-corrected chi connectivity index (χ0v) is 22.1. The number of methoxy groups -OCH3 is 1. The molecule has 3 unspecified atom stereocenters. The van der Waals surface area contributed by atoms with Crippen LogP contribution < -0.4 is 5.62 Å². The Hall–Kier alpha value is -4.41. The van der Waals surface area contributed by atoms with Crippen LogP contribution in [0, 0.1) is 5.82 Å². The number of alkyl halides is 1. The highest BCUT2D eigenvalue weighted by Crippen LogP contribution is 2.25. The monoisotopic (exact) mass is 545 g/mol. The van der Waals surface area contributed by atoms with Crippen LogP contribution in [-0.4, -0.2) is 33.2 Å². The van der Waals surface area contributed by atoms with E-state index in [2.05, 4.69) is 15.1 Å². The molecular formula is C30H29F2N5O3. The molecule has 2 aromatic heterocycles. The second-order valence-corrected chi connectivity index (χ2v) is 9.20. The molecule has 0 saturated carbocycles. The van der Waals surface area contributed by atoms with Crippen LogP contribution in [0.5, 0.6) is 0 Å². The molecule has 5 aromatic rings. The number of H-pyrrole nitrogens is 1. The van der Waals surface area contributed by atoms with E-state index in [0.717, 1.165) is 5.56 Å². The standard InChI is InChI=1S/C30H29F2N5O3/c1-20(18-39-26(32)21-11-5-3-6-12-21)27-34-25-17-33-30(36-40-19-23-15-9-10-16-24(23)31)37(28(25)35-27)29(38-2)22-13-7-4-8-14-22/h3-17,20,26,29H,18-19H2,1-2H3,(H,34,35)/b36-30-. The molecule has 0 amide bonds. The third-order valence-electron chi connectivity index (χ3n) is 6.37. The van der Waals surface area contributed by atoms with E-state index >= 15 is 0 Å². The summed E-state index contributed by atoms with van der Waals surface area (Å²) in [5, 5.41) is 4.21. The number of fused-ring (bicyclic) bond motifs is 1. The summed E-state index contributed by atoms with van der Waals surface area (Å²) in [6, 6.07) is 24.6. The lowest BCUT2D eigenvalue weighted by Crippen LogP contribution is -2.30. The molecule has 3 aromatic carbocycles. The smallest absolute Gasteiger partial charge is 0.270 e. The zero-order valence-electron chi connectivity index (χ0n) is 22.1. The average Bonchev–Trinajstić information content (AvgIpc) is 3.43. The maximum absolute atomic E-state index is 14.6. The normalized spacial score (nSPS) is 14.2. The summed E-state index contributed by atoms with van der Waals surface area (Å²) in [4.78, 5) is 18.1. The maximum Gasteiger partial charge on any atom is 0.270 e. The summed E-state index contributed by atoms with van der Waals surface area (Å²) in [5.74, 6) is -0.0691. The van der Waals surface area contributed by atoms with Crippen molar-refractivity contribution in [2.24, 2.45) is 5.16 Å². The van der Waals surface area contributed by atoms with Gasteiger partial charge in [0.25, 0.3) is 5.62 Å². The topological polar surface area (TPSA) is 86.6 Å². The molecule has 0 aliphatic carbocycles. The number of nitrogens with one attached hydrogen (secondary N) is 1. The molecule has 0 saturated heterocycles. The third kappa shape index (κ3) is 6.08. The van der Waals surface area contributed by atoms with Crippen LogP contribution in [0.3, 0.4) is 0 Å². The summed E-state index contributed by atoms with van der Waals surface area (Å²) in [5.41, 5.74) is 2.94. The first kappa shape index (κ1) is 27.2. The Morgan fingerprint density at radius 2 is 1.62 bits per heavy atom. The molecule has 0 aliphatic rings. The van der Waals surface area contributed by atoms with Gasteiger partial charge in [-0.3, -0.25) is 4.57 Å². The first-order chi connectivity index (χ1) is 19.5. The fourth-order valence-corrected chi connectivity index (χ4v) is 4.26. The minimum atomic E-state index is -1.55. The molecule has 2 heterocycles. The van der Waals surface area contributed by atoms with Crippen molar-refractivity contribution >= 4 is 11.2 Å². The van der Waals surface area contributed by atoms with Gasteiger partial charge in [-0.2, -0.15) is 0 Å². The van der Waals surface area contributed by atoms with Gasteiger partial charge in [-0.05, 0) is 11.2 Å². The van der Waals surface area contributed by atoms with Crippen LogP contribution in [0.2, 0.25) is 0 Å². The number of ether oxygens (including phenoxy) is 2. The number of benzene rings is 3. The number of nitrogens with zero attached hydrogens (tertiary/aromatic N) is 4. The predicted molar refractivity (Wildman–Crippen MR) is 145 cm³/mol. The van der Waals surface area contributed by atoms with Gasteiger partial charge >= 0.3 is 0 Å². The van der Waals surface area contributed by atoms with Gasteiger partial charge in [0.2, 0.25) is 6.36 Å². The van der Waals surface area contributed by atoms with Crippen LogP contribution in [0.1, 0.15) is 47.9 Å². The number of aromatic amines is 1. The molecule has 5 rings (SSSR count). The fourth-order valence-electron chi connectivity index (χ4n) is 4.26. The number of rotatable bonds is 11. The Labute approximate surface area is 229 Å². The van der Waals surface area contributed by atoms with Gasteiger partial charge in [-0.25, -0.2) is 18.7 Å². The first-order valence-electron chi connectivity index (χ1n) is 12.8. The van der Waals surface area contributed by atoms with Crippen molar-refractivity contribution in [3.63, 3.8) is 0 Å². The van der Waals surface area contributed by atoms with Crippen molar-refractivity contribution in [1.82, 2.24) is 19.5 Å². The molecule has 40 heavy (non-hydrogen) atoms. The van der Waals surface area contributed by atoms with E-state index in [1.165, 1.54) is 6.07 Å². The number of imidazole rings is 1. The summed E-state index contributed by atoms with van der Waals surface area (Å²) in [6.07, 6.45) is -0.613. The molecular weight excluding hydrogens is 516 g/mol. The number of halogens is 2. The Morgan fingerprint density at radius 1 is 0.950 bits per heavy atom. The second kappa shape index (κ2) is 12.6. The van der Waals surface area contributed by atoms with Crippen LogP contribution in [0.25, 0.3) is 11.2 Å². The van der Waals surface area contributed by atoms with Gasteiger partial charge in [0.1, 0.15) is 23.8 Å². The van der Waals surface area contributed by atoms with Crippen LogP contribution in [-0.2, 0) is 20.9 Å². The lowest BCUT2D eigenvalue weighted by atomic mass is 10.2. The van der Waals surface area contributed by atoms with E-state index < -0.39 is 12.6 Å². The quantitative estimate of drug-likeness (QED) is 0.209. The molecule has 0 fully saturated rings. The summed E-state index contributed by atoms with van der Waals surface area (Å²) >= 11 is 0. The van der Waals surface area contributed by atoms with Crippen LogP contribution in [0.15, 0.2) is 96.3 Å². The van der Waals surface area contributed by atoms with Gasteiger partial charge in [-0.15, -0.1) is 0 Å². The Bertz CT molecular complexity index is 1610. The number of hydrogen-bond acceptors (Lipinski definition) is 6. The van der Waals surface area contributed by atoms with E-state index in [4.69, 9.17) is 19.3 Å². The molecule has 0 aliphatic heterocycles. The van der Waals surface area contributed by atoms with Crippen molar-refractivity contribution in [2.75, 3.05) is 13.7 Å². The van der Waals surface area contributed by atoms with Crippen molar-refractivity contribution < 1.29 is 23.1 Å². The summed E-state index contributed by atoms with van der Waals surface area (Å²) in [7, 11) is 1.57. The third-order valence-corrected chi connectivity index (χ3v) is 6.37. The molecule has 0 radical (unpaired) electrons. The second-order valence-electron chi connectivity index (χ2n) is 9.20. The van der Waals surface area contributed by atoms with E-state index in [0.29, 0.717) is 28.1 Å². The van der Waals surface area contributed by atoms with Crippen LogP contribution >= 0.6 is 0 Å². The SMILES string of the molecule is COC(c1ccccc1)n1/c(=N\OCc2ccccc2F)ncc2[nH]c(C(C)COC(F)c3ccccc3)nc21. The van der Waals surface area contributed by atoms with Crippen molar-refractivity contribution in [1.29, 1.82) is 0 Å². The fraction of sp³-hybridized carbons (Fsp3) is 0.233. The van der Waals surface area contributed by atoms with Crippen molar-refractivity contribution in [3.8, 4) is 0 Å². The molecule has 1 N–H and O–H groups in total. The van der Waals surface area contributed by atoms with Crippen molar-refractivity contribution in [2.45, 2.75) is 32.0 Å². The minimum Gasteiger partial charge on any atom is -0.388 e. The molecule has 206 valence electrons. The average molecular weight is 546 g/mol. The molecule has 0 spiro atoms. The van der Waals surface area contributed by atoms with E-state index in [9.17, 15) is 8.78 Å². The first-order valence-corrected chi connectivity index (χ1v) is 12.8. The van der Waals surface area contributed by atoms with E-state index in [1.54, 1.807) is 60.3 Å². The van der Waals surface area contributed by atoms with Gasteiger partial charge in [-0.1, -0.05) is 85.8 Å². The highest BCUT2D eigenvalue weighted by atomic mass is 19.1. The van der Waals surface area contributed by atoms with Gasteiger partial charge in [0.05, 0.1) is 12.8 Å². The van der Waals surface area contributed by atoms with E-state index in [-0.39, 0.29) is 30.6 Å². The molecule has 3 atom stereocenters. The molecule has 0 bridgehead atoms. The largest absolute Gasteiger partial charge is 0.388 e. The molecule has 10 heteroatoms. The molecule has 8 nitrogen and oxygen atoms in total. The van der Waals surface area contributed by atoms with Crippen molar-refractivity contribution in [3.05, 3.63) is 125 Å². The lowest BCUT2D eigenvalue weighted by molar-refractivity contribution is -0.0462. The lowest BCUT2D eigenvalue weighted by Gasteiger charge is -2.19. The zero-order chi connectivity index (χ0) is 27.9. The Balaban J connectivity index is 1.48. The van der Waals surface area contributed by atoms with Gasteiger partial charge in [0.15, 0.2) is 11.9 Å². The highest BCUT2D eigenvalue weighted by Gasteiger charge is 2.22. The summed E-state index contributed by atoms with van der Waals surface area (Å²) in [6.45, 7) is 1.90. The highest BCUT2D eigenvalue weighted by molar-refractivity contribution is 5.70. The Kier molecular flexibility index (Phi) is 8.58. The number of aromatic nitrogens is 4. The van der Waals surface area contributed by atoms with E-state index in [1.807, 2.05) is 43.3 Å². The maximum atomic E-state index is 14.6. The predicted octanol–water partition coefficient (Wildman–Crippen LogP) is 5.91.